The normalized spacial score (nSPS) is 9.57. The van der Waals surface area contributed by atoms with Gasteiger partial charge in [-0.1, -0.05) is 36.1 Å². The lowest BCUT2D eigenvalue weighted by Crippen LogP contribution is -2.02. The highest BCUT2D eigenvalue weighted by Crippen LogP contribution is 2.27. The van der Waals surface area contributed by atoms with Gasteiger partial charge in [-0.05, 0) is 23.8 Å². The van der Waals surface area contributed by atoms with Crippen LogP contribution in [0.15, 0.2) is 48.5 Å². The Morgan fingerprint density at radius 3 is 2.62 bits per heavy atom. The molecule has 0 bridgehead atoms. The van der Waals surface area contributed by atoms with Crippen molar-refractivity contribution in [3.63, 3.8) is 0 Å². The van der Waals surface area contributed by atoms with Crippen LogP contribution in [-0.4, -0.2) is 11.5 Å². The van der Waals surface area contributed by atoms with Gasteiger partial charge in [-0.3, -0.25) is 10.1 Å². The van der Waals surface area contributed by atoms with Crippen molar-refractivity contribution in [2.24, 2.45) is 5.73 Å². The summed E-state index contributed by atoms with van der Waals surface area (Å²) in [6.45, 7) is 0.326. The van der Waals surface area contributed by atoms with Gasteiger partial charge >= 0.3 is 5.69 Å². The summed E-state index contributed by atoms with van der Waals surface area (Å²) < 4.78 is 5.36. The monoisotopic (exact) mass is 282 g/mol. The van der Waals surface area contributed by atoms with Gasteiger partial charge in [0.15, 0.2) is 5.75 Å². The van der Waals surface area contributed by atoms with Crippen LogP contribution in [-0.2, 0) is 6.54 Å². The molecule has 106 valence electrons. The van der Waals surface area contributed by atoms with Crippen molar-refractivity contribution < 1.29 is 9.66 Å². The molecule has 2 aromatic rings. The maximum Gasteiger partial charge on any atom is 0.311 e. The van der Waals surface area contributed by atoms with E-state index in [9.17, 15) is 10.1 Å². The Labute approximate surface area is 122 Å². The van der Waals surface area contributed by atoms with Gasteiger partial charge in [0.2, 0.25) is 0 Å². The third kappa shape index (κ3) is 4.06. The molecule has 5 nitrogen and oxygen atoms in total. The first-order valence-electron chi connectivity index (χ1n) is 6.35. The third-order valence-electron chi connectivity index (χ3n) is 2.76. The highest BCUT2D eigenvalue weighted by atomic mass is 16.6. The topological polar surface area (TPSA) is 78.4 Å². The molecule has 2 aromatic carbocycles. The molecule has 0 aliphatic rings. The van der Waals surface area contributed by atoms with E-state index in [1.54, 1.807) is 12.1 Å². The molecular formula is C16H14N2O3. The van der Waals surface area contributed by atoms with Crippen molar-refractivity contribution in [1.82, 2.24) is 0 Å². The fraction of sp³-hybridized carbons (Fsp3) is 0.125. The molecule has 2 N–H and O–H groups in total. The molecule has 21 heavy (non-hydrogen) atoms. The summed E-state index contributed by atoms with van der Waals surface area (Å²) in [5.41, 5.74) is 6.93. The molecular weight excluding hydrogens is 268 g/mol. The predicted molar refractivity (Wildman–Crippen MR) is 79.8 cm³/mol. The zero-order valence-electron chi connectivity index (χ0n) is 11.3. The van der Waals surface area contributed by atoms with E-state index in [0.29, 0.717) is 5.56 Å². The lowest BCUT2D eigenvalue weighted by molar-refractivity contribution is -0.385. The second kappa shape index (κ2) is 7.08. The number of nitrogens with zero attached hydrogens (tertiary/aromatic N) is 1. The Balaban J connectivity index is 2.07. The molecule has 0 atom stereocenters. The number of hydrogen-bond acceptors (Lipinski definition) is 4. The third-order valence-corrected chi connectivity index (χ3v) is 2.76. The Morgan fingerprint density at radius 1 is 1.19 bits per heavy atom. The van der Waals surface area contributed by atoms with Crippen LogP contribution in [0.1, 0.15) is 11.1 Å². The number of nitro groups is 1. The second-order valence-electron chi connectivity index (χ2n) is 4.22. The maximum absolute atomic E-state index is 11.0. The van der Waals surface area contributed by atoms with E-state index in [4.69, 9.17) is 10.5 Å². The zero-order valence-corrected chi connectivity index (χ0v) is 11.3. The highest BCUT2D eigenvalue weighted by molar-refractivity contribution is 5.49. The van der Waals surface area contributed by atoms with Crippen LogP contribution in [0.4, 0.5) is 5.69 Å². The van der Waals surface area contributed by atoms with Gasteiger partial charge in [0.05, 0.1) is 4.92 Å². The van der Waals surface area contributed by atoms with E-state index < -0.39 is 4.92 Å². The predicted octanol–water partition coefficient (Wildman–Crippen LogP) is 2.48. The summed E-state index contributed by atoms with van der Waals surface area (Å²) in [6, 6.07) is 14.1. The summed E-state index contributed by atoms with van der Waals surface area (Å²) in [6.07, 6.45) is 0. The Morgan fingerprint density at radius 2 is 1.95 bits per heavy atom. The quantitative estimate of drug-likeness (QED) is 0.531. The average Bonchev–Trinajstić information content (AvgIpc) is 2.52. The van der Waals surface area contributed by atoms with E-state index in [-0.39, 0.29) is 24.6 Å². The maximum atomic E-state index is 11.0. The fourth-order valence-corrected chi connectivity index (χ4v) is 1.73. The van der Waals surface area contributed by atoms with Crippen LogP contribution in [0.25, 0.3) is 0 Å². The van der Waals surface area contributed by atoms with Gasteiger partial charge in [-0.15, -0.1) is 0 Å². The number of benzene rings is 2. The number of hydrogen-bond donors (Lipinski definition) is 1. The van der Waals surface area contributed by atoms with Crippen molar-refractivity contribution in [1.29, 1.82) is 0 Å². The molecule has 0 aromatic heterocycles. The van der Waals surface area contributed by atoms with Gasteiger partial charge in [0.1, 0.15) is 6.61 Å². The fourth-order valence-electron chi connectivity index (χ4n) is 1.73. The first-order valence-corrected chi connectivity index (χ1v) is 6.35. The van der Waals surface area contributed by atoms with Crippen molar-refractivity contribution in [3.8, 4) is 17.6 Å². The molecule has 0 amide bonds. The Bertz CT molecular complexity index is 688. The molecule has 0 spiro atoms. The highest BCUT2D eigenvalue weighted by Gasteiger charge is 2.15. The Kier molecular flexibility index (Phi) is 4.91. The summed E-state index contributed by atoms with van der Waals surface area (Å²) >= 11 is 0. The van der Waals surface area contributed by atoms with Gasteiger partial charge < -0.3 is 10.5 Å². The Hall–Kier alpha value is -2.84. The van der Waals surface area contributed by atoms with E-state index in [1.807, 2.05) is 30.3 Å². The second-order valence-corrected chi connectivity index (χ2v) is 4.22. The molecule has 0 saturated heterocycles. The van der Waals surface area contributed by atoms with Crippen molar-refractivity contribution in [2.45, 2.75) is 6.54 Å². The van der Waals surface area contributed by atoms with Crippen LogP contribution in [0, 0.1) is 22.0 Å². The number of ether oxygens (including phenoxy) is 1. The molecule has 0 unspecified atom stereocenters. The standard InChI is InChI=1S/C16H14N2O3/c17-12-14-8-9-16(15(11-14)18(19)20)21-10-4-7-13-5-2-1-3-6-13/h1-3,5-6,8-9,11H,10,12,17H2. The van der Waals surface area contributed by atoms with E-state index in [2.05, 4.69) is 11.8 Å². The van der Waals surface area contributed by atoms with Crippen molar-refractivity contribution in [2.75, 3.05) is 6.61 Å². The minimum Gasteiger partial charge on any atom is -0.474 e. The van der Waals surface area contributed by atoms with Crippen LogP contribution in [0.5, 0.6) is 5.75 Å². The molecule has 0 heterocycles. The average molecular weight is 282 g/mol. The van der Waals surface area contributed by atoms with E-state index >= 15 is 0 Å². The van der Waals surface area contributed by atoms with Crippen LogP contribution < -0.4 is 10.5 Å². The first-order chi connectivity index (χ1) is 10.2. The van der Waals surface area contributed by atoms with Crippen LogP contribution >= 0.6 is 0 Å². The minimum absolute atomic E-state index is 0.0811. The molecule has 0 fully saturated rings. The first kappa shape index (κ1) is 14.6. The van der Waals surface area contributed by atoms with E-state index in [1.165, 1.54) is 6.07 Å². The molecule has 0 radical (unpaired) electrons. The molecule has 5 heteroatoms. The lowest BCUT2D eigenvalue weighted by Gasteiger charge is -2.04. The summed E-state index contributed by atoms with van der Waals surface area (Å²) in [4.78, 5) is 10.5. The number of nitro benzene ring substituents is 1. The van der Waals surface area contributed by atoms with Crippen molar-refractivity contribution in [3.05, 3.63) is 69.8 Å². The summed E-state index contributed by atoms with van der Waals surface area (Å²) in [5, 5.41) is 11.0. The molecule has 0 saturated carbocycles. The SMILES string of the molecule is NCc1ccc(OCC#Cc2ccccc2)c([N+](=O)[O-])c1. The van der Waals surface area contributed by atoms with E-state index in [0.717, 1.165) is 5.56 Å². The minimum atomic E-state index is -0.487. The largest absolute Gasteiger partial charge is 0.474 e. The molecule has 0 aliphatic carbocycles. The number of rotatable bonds is 4. The van der Waals surface area contributed by atoms with Crippen molar-refractivity contribution >= 4 is 5.69 Å². The summed E-state index contributed by atoms with van der Waals surface area (Å²) in [5.74, 6) is 5.94. The lowest BCUT2D eigenvalue weighted by atomic mass is 10.2. The van der Waals surface area contributed by atoms with Crippen LogP contribution in [0.2, 0.25) is 0 Å². The van der Waals surface area contributed by atoms with Gasteiger partial charge in [0.25, 0.3) is 0 Å². The zero-order chi connectivity index (χ0) is 15.1. The van der Waals surface area contributed by atoms with Crippen LogP contribution in [0.3, 0.4) is 0 Å². The van der Waals surface area contributed by atoms with Gasteiger partial charge in [0, 0.05) is 18.2 Å². The number of nitrogens with two attached hydrogens (primary N) is 1. The van der Waals surface area contributed by atoms with Gasteiger partial charge in [-0.2, -0.15) is 0 Å². The summed E-state index contributed by atoms with van der Waals surface area (Å²) in [7, 11) is 0. The smallest absolute Gasteiger partial charge is 0.311 e. The molecule has 2 rings (SSSR count). The van der Waals surface area contributed by atoms with Gasteiger partial charge in [-0.25, -0.2) is 0 Å². The molecule has 0 aliphatic heterocycles.